The highest BCUT2D eigenvalue weighted by Gasteiger charge is 2.46. The highest BCUT2D eigenvalue weighted by Crippen LogP contribution is 2.25. The Kier molecular flexibility index (Phi) is 5.62. The maximum atomic E-state index is 13.5. The van der Waals surface area contributed by atoms with E-state index in [1.165, 1.54) is 6.20 Å². The Morgan fingerprint density at radius 2 is 2.11 bits per heavy atom. The van der Waals surface area contributed by atoms with Crippen molar-refractivity contribution in [2.75, 3.05) is 32.7 Å². The number of rotatable bonds is 3. The van der Waals surface area contributed by atoms with Gasteiger partial charge in [-0.3, -0.25) is 15.1 Å². The number of halogens is 1. The van der Waals surface area contributed by atoms with Gasteiger partial charge in [-0.15, -0.1) is 0 Å². The number of carbonyl (C=O) groups is 1. The second-order valence-electron chi connectivity index (χ2n) is 7.98. The number of piperidine rings is 1. The molecular formula is C17H31FN8O. The Hall–Kier alpha value is -1.30. The van der Waals surface area contributed by atoms with Crippen molar-refractivity contribution in [3.63, 3.8) is 0 Å². The summed E-state index contributed by atoms with van der Waals surface area (Å²) in [6, 6.07) is 0.714. The molecule has 9 nitrogen and oxygen atoms in total. The van der Waals surface area contributed by atoms with Crippen LogP contribution in [0.3, 0.4) is 0 Å². The number of hydrogen-bond donors (Lipinski definition) is 7. The average molecular weight is 382 g/mol. The van der Waals surface area contributed by atoms with E-state index in [0.29, 0.717) is 18.0 Å². The second kappa shape index (κ2) is 7.98. The quantitative estimate of drug-likeness (QED) is 0.286. The molecule has 0 aromatic rings. The predicted molar refractivity (Wildman–Crippen MR) is 99.6 cm³/mol. The van der Waals surface area contributed by atoms with Crippen LogP contribution in [-0.2, 0) is 4.79 Å². The number of amides is 1. The summed E-state index contributed by atoms with van der Waals surface area (Å²) in [6.07, 6.45) is 1.47. The predicted octanol–water partition coefficient (Wildman–Crippen LogP) is -2.51. The highest BCUT2D eigenvalue weighted by atomic mass is 19.1. The first kappa shape index (κ1) is 19.0. The largest absolute Gasteiger partial charge is 0.351 e. The fourth-order valence-corrected chi connectivity index (χ4v) is 4.86. The van der Waals surface area contributed by atoms with Crippen molar-refractivity contribution in [3.8, 4) is 0 Å². The van der Waals surface area contributed by atoms with Crippen LogP contribution in [0, 0.1) is 11.8 Å². The first-order valence-electron chi connectivity index (χ1n) is 9.92. The summed E-state index contributed by atoms with van der Waals surface area (Å²) in [5.74, 6) is -0.530. The zero-order valence-corrected chi connectivity index (χ0v) is 15.7. The van der Waals surface area contributed by atoms with E-state index in [1.54, 1.807) is 5.01 Å². The summed E-state index contributed by atoms with van der Waals surface area (Å²) in [7, 11) is 0. The number of hydrazine groups is 1. The maximum Gasteiger partial charge on any atom is 0.229 e. The van der Waals surface area contributed by atoms with Gasteiger partial charge in [-0.1, -0.05) is 0 Å². The van der Waals surface area contributed by atoms with Crippen molar-refractivity contribution < 1.29 is 9.18 Å². The van der Waals surface area contributed by atoms with Crippen LogP contribution >= 0.6 is 0 Å². The molecule has 0 saturated carbocycles. The van der Waals surface area contributed by atoms with Crippen molar-refractivity contribution in [2.24, 2.45) is 17.6 Å². The van der Waals surface area contributed by atoms with E-state index in [9.17, 15) is 9.18 Å². The van der Waals surface area contributed by atoms with Crippen LogP contribution in [0.25, 0.3) is 0 Å². The molecule has 8 N–H and O–H groups in total. The number of nitrogens with zero attached hydrogens (tertiary/aromatic N) is 1. The van der Waals surface area contributed by atoms with Gasteiger partial charge in [-0.25, -0.2) is 9.82 Å². The highest BCUT2D eigenvalue weighted by molar-refractivity contribution is 5.81. The third kappa shape index (κ3) is 3.82. The lowest BCUT2D eigenvalue weighted by molar-refractivity contribution is -0.127. The molecule has 0 bridgehead atoms. The summed E-state index contributed by atoms with van der Waals surface area (Å²) in [4.78, 5) is 13.1. The maximum absolute atomic E-state index is 13.5. The lowest BCUT2D eigenvalue weighted by Crippen LogP contribution is -2.65. The van der Waals surface area contributed by atoms with Crippen LogP contribution in [-0.4, -0.2) is 74.1 Å². The molecular weight excluding hydrogens is 351 g/mol. The molecule has 4 rings (SSSR count). The van der Waals surface area contributed by atoms with Gasteiger partial charge >= 0.3 is 0 Å². The van der Waals surface area contributed by atoms with E-state index < -0.39 is 12.1 Å². The van der Waals surface area contributed by atoms with Gasteiger partial charge in [0.15, 0.2) is 0 Å². The number of carbonyl (C=O) groups excluding carboxylic acids is 1. The lowest BCUT2D eigenvalue weighted by Gasteiger charge is -2.43. The third-order valence-corrected chi connectivity index (χ3v) is 6.22. The molecule has 0 aliphatic carbocycles. The topological polar surface area (TPSA) is 119 Å². The molecule has 7 unspecified atom stereocenters. The van der Waals surface area contributed by atoms with Crippen molar-refractivity contribution in [3.05, 3.63) is 12.0 Å². The number of piperazine rings is 1. The van der Waals surface area contributed by atoms with E-state index in [2.05, 4.69) is 38.9 Å². The number of fused-ring (bicyclic) bond motifs is 1. The van der Waals surface area contributed by atoms with E-state index in [-0.39, 0.29) is 30.5 Å². The van der Waals surface area contributed by atoms with Gasteiger partial charge in [0.25, 0.3) is 0 Å². The molecule has 4 aliphatic rings. The first-order valence-corrected chi connectivity index (χ1v) is 9.92. The van der Waals surface area contributed by atoms with E-state index in [1.807, 2.05) is 0 Å². The fraction of sp³-hybridized carbons (Fsp3) is 0.824. The smallest absolute Gasteiger partial charge is 0.229 e. The Morgan fingerprint density at radius 1 is 1.30 bits per heavy atom. The molecule has 7 atom stereocenters. The zero-order valence-electron chi connectivity index (χ0n) is 15.7. The van der Waals surface area contributed by atoms with Gasteiger partial charge in [0.1, 0.15) is 17.9 Å². The summed E-state index contributed by atoms with van der Waals surface area (Å²) in [5.41, 5.74) is 9.12. The molecule has 10 heteroatoms. The van der Waals surface area contributed by atoms with Gasteiger partial charge in [0.2, 0.25) is 5.91 Å². The number of nitrogens with one attached hydrogen (secondary N) is 6. The summed E-state index contributed by atoms with van der Waals surface area (Å²) >= 11 is 0. The van der Waals surface area contributed by atoms with Gasteiger partial charge in [0.05, 0.1) is 18.9 Å². The van der Waals surface area contributed by atoms with Crippen LogP contribution < -0.4 is 37.7 Å². The summed E-state index contributed by atoms with van der Waals surface area (Å²) in [5, 5.41) is 18.4. The Morgan fingerprint density at radius 3 is 2.93 bits per heavy atom. The normalized spacial score (nSPS) is 42.4. The van der Waals surface area contributed by atoms with Crippen LogP contribution in [0.15, 0.2) is 12.0 Å². The van der Waals surface area contributed by atoms with Crippen molar-refractivity contribution in [1.82, 2.24) is 37.0 Å². The van der Waals surface area contributed by atoms with Crippen molar-refractivity contribution in [1.29, 1.82) is 0 Å². The lowest BCUT2D eigenvalue weighted by atomic mass is 9.81. The SMILES string of the molecule is CC1NCCNC1C1CCNCC1NC(=O)C1C(N)NN2C=C(F)CNC12. The van der Waals surface area contributed by atoms with Gasteiger partial charge in [-0.2, -0.15) is 0 Å². The molecule has 27 heavy (non-hydrogen) atoms. The molecule has 3 fully saturated rings. The molecule has 0 aromatic heterocycles. The van der Waals surface area contributed by atoms with E-state index in [0.717, 1.165) is 32.6 Å². The molecule has 0 radical (unpaired) electrons. The van der Waals surface area contributed by atoms with E-state index >= 15 is 0 Å². The van der Waals surface area contributed by atoms with Crippen LogP contribution in [0.1, 0.15) is 13.3 Å². The average Bonchev–Trinajstić information content (AvgIpc) is 2.97. The Balaban J connectivity index is 1.44. The van der Waals surface area contributed by atoms with Gasteiger partial charge < -0.3 is 27.0 Å². The number of nitrogens with two attached hydrogens (primary N) is 1. The molecule has 152 valence electrons. The summed E-state index contributed by atoms with van der Waals surface area (Å²) < 4.78 is 13.5. The minimum absolute atomic E-state index is 0.0308. The first-order chi connectivity index (χ1) is 13.0. The molecule has 0 spiro atoms. The Labute approximate surface area is 159 Å². The second-order valence-corrected chi connectivity index (χ2v) is 7.98. The minimum atomic E-state index is -0.562. The molecule has 3 saturated heterocycles. The van der Waals surface area contributed by atoms with Crippen molar-refractivity contribution >= 4 is 5.91 Å². The van der Waals surface area contributed by atoms with Crippen LogP contribution in [0.5, 0.6) is 0 Å². The molecule has 4 aliphatic heterocycles. The summed E-state index contributed by atoms with van der Waals surface area (Å²) in [6.45, 7) is 5.91. The standard InChI is InChI=1S/C17H31FN8O/c1-9-14(22-5-4-21-9)11-2-3-20-7-12(11)24-17(27)13-15(19)25-26-8-10(18)6-23-16(13)26/h8-9,11-16,20-23,25H,2-7,19H2,1H3,(H,24,27). The van der Waals surface area contributed by atoms with Crippen molar-refractivity contribution in [2.45, 2.75) is 43.8 Å². The fourth-order valence-electron chi connectivity index (χ4n) is 4.86. The zero-order chi connectivity index (χ0) is 19.0. The molecule has 0 aromatic carbocycles. The molecule has 1 amide bonds. The molecule has 4 heterocycles. The number of hydrogen-bond acceptors (Lipinski definition) is 8. The third-order valence-electron chi connectivity index (χ3n) is 6.22. The van der Waals surface area contributed by atoms with E-state index in [4.69, 9.17) is 5.73 Å². The van der Waals surface area contributed by atoms with Crippen LogP contribution in [0.2, 0.25) is 0 Å². The van der Waals surface area contributed by atoms with Gasteiger partial charge in [0, 0.05) is 37.8 Å². The Bertz CT molecular complexity index is 589. The van der Waals surface area contributed by atoms with Crippen LogP contribution in [0.4, 0.5) is 4.39 Å². The van der Waals surface area contributed by atoms with Gasteiger partial charge in [-0.05, 0) is 25.8 Å². The minimum Gasteiger partial charge on any atom is -0.351 e. The monoisotopic (exact) mass is 382 g/mol.